The lowest BCUT2D eigenvalue weighted by Crippen LogP contribution is -2.32. The first-order valence-corrected chi connectivity index (χ1v) is 9.86. The topological polar surface area (TPSA) is 139 Å². The first-order chi connectivity index (χ1) is 14.1. The molecule has 7 N–H and O–H groups in total. The zero-order chi connectivity index (χ0) is 22.9. The number of carbonyl (C=O) groups is 2. The maximum Gasteiger partial charge on any atom is 0.321 e. The molecule has 0 saturated heterocycles. The molecule has 0 radical (unpaired) electrons. The predicted molar refractivity (Wildman–Crippen MR) is 120 cm³/mol. The Kier molecular flexibility index (Phi) is 14.6. The van der Waals surface area contributed by atoms with Crippen molar-refractivity contribution in [1.29, 1.82) is 0 Å². The number of nitrogens with two attached hydrogens (primary N) is 2. The summed E-state index contributed by atoms with van der Waals surface area (Å²) in [5.74, 6) is -2.50. The van der Waals surface area contributed by atoms with Crippen molar-refractivity contribution in [2.75, 3.05) is 7.05 Å². The second-order valence-electron chi connectivity index (χ2n) is 7.09. The van der Waals surface area contributed by atoms with Crippen molar-refractivity contribution < 1.29 is 19.8 Å². The van der Waals surface area contributed by atoms with Crippen LogP contribution in [-0.2, 0) is 22.4 Å². The van der Waals surface area contributed by atoms with E-state index in [4.69, 9.17) is 21.7 Å². The van der Waals surface area contributed by atoms with Crippen molar-refractivity contribution >= 4 is 11.9 Å². The van der Waals surface area contributed by atoms with Gasteiger partial charge in [-0.25, -0.2) is 0 Å². The largest absolute Gasteiger partial charge is 0.481 e. The molecule has 2 aromatic carbocycles. The van der Waals surface area contributed by atoms with E-state index < -0.39 is 24.4 Å². The molecule has 0 aliphatic carbocycles. The minimum absolute atomic E-state index is 0.266. The highest BCUT2D eigenvalue weighted by Gasteiger charge is 2.14. The Labute approximate surface area is 179 Å². The molecule has 166 valence electrons. The molecule has 3 atom stereocenters. The lowest BCUT2D eigenvalue weighted by atomic mass is 10.1. The zero-order valence-electron chi connectivity index (χ0n) is 18.0. The quantitative estimate of drug-likeness (QED) is 0.444. The molecule has 0 aliphatic rings. The molecule has 7 nitrogen and oxygen atoms in total. The fourth-order valence-electron chi connectivity index (χ4n) is 2.33. The first kappa shape index (κ1) is 27.3. The summed E-state index contributed by atoms with van der Waals surface area (Å²) in [6.45, 7) is 4.21. The van der Waals surface area contributed by atoms with Crippen molar-refractivity contribution in [2.45, 2.75) is 51.2 Å². The summed E-state index contributed by atoms with van der Waals surface area (Å²) in [5.41, 5.74) is 13.2. The fourth-order valence-corrected chi connectivity index (χ4v) is 2.33. The van der Waals surface area contributed by atoms with Gasteiger partial charge in [-0.3, -0.25) is 9.59 Å². The van der Waals surface area contributed by atoms with E-state index in [2.05, 4.69) is 48.6 Å². The molecule has 0 amide bonds. The van der Waals surface area contributed by atoms with Crippen molar-refractivity contribution in [3.8, 4) is 0 Å². The first-order valence-electron chi connectivity index (χ1n) is 9.86. The van der Waals surface area contributed by atoms with Crippen LogP contribution in [0.25, 0.3) is 0 Å². The summed E-state index contributed by atoms with van der Waals surface area (Å²) >= 11 is 0. The Bertz CT molecular complexity index is 709. The molecule has 7 heteroatoms. The standard InChI is InChI=1S/C10H15N.C9H13N.C4H7NO4/c1-9(11-2)8-10-6-4-3-5-7-10;1-8(10)7-9-5-3-2-4-6-9;5-2(4(8)9)1-3(6)7/h3-7,9,11H,8H2,1-2H3;2-6,8H,7,10H2,1H3;2H,1,5H2,(H,6,7)(H,8,9). The second kappa shape index (κ2) is 16.1. The third-order valence-corrected chi connectivity index (χ3v) is 3.99. The molecule has 2 rings (SSSR count). The summed E-state index contributed by atoms with van der Waals surface area (Å²) in [7, 11) is 1.99. The zero-order valence-corrected chi connectivity index (χ0v) is 18.0. The monoisotopic (exact) mass is 417 g/mol. The molecular formula is C23H35N3O4. The molecule has 0 spiro atoms. The maximum absolute atomic E-state index is 9.85. The number of benzene rings is 2. The van der Waals surface area contributed by atoms with E-state index in [1.807, 2.05) is 38.2 Å². The van der Waals surface area contributed by atoms with E-state index >= 15 is 0 Å². The average Bonchev–Trinajstić information content (AvgIpc) is 2.69. The van der Waals surface area contributed by atoms with Crippen LogP contribution < -0.4 is 16.8 Å². The van der Waals surface area contributed by atoms with Crippen LogP contribution >= 0.6 is 0 Å². The normalized spacial score (nSPS) is 12.8. The van der Waals surface area contributed by atoms with Crippen molar-refractivity contribution in [1.82, 2.24) is 5.32 Å². The van der Waals surface area contributed by atoms with Gasteiger partial charge in [-0.2, -0.15) is 0 Å². The lowest BCUT2D eigenvalue weighted by molar-refractivity contribution is -0.144. The van der Waals surface area contributed by atoms with Crippen LogP contribution in [0.2, 0.25) is 0 Å². The van der Waals surface area contributed by atoms with Crippen molar-refractivity contribution in [3.05, 3.63) is 71.8 Å². The highest BCUT2D eigenvalue weighted by molar-refractivity contribution is 5.80. The van der Waals surface area contributed by atoms with E-state index in [1.54, 1.807) is 0 Å². The lowest BCUT2D eigenvalue weighted by Gasteiger charge is -2.08. The second-order valence-corrected chi connectivity index (χ2v) is 7.09. The highest BCUT2D eigenvalue weighted by atomic mass is 16.4. The number of aliphatic carboxylic acids is 2. The van der Waals surface area contributed by atoms with Gasteiger partial charge in [0.2, 0.25) is 0 Å². The van der Waals surface area contributed by atoms with Gasteiger partial charge in [-0.15, -0.1) is 0 Å². The summed E-state index contributed by atoms with van der Waals surface area (Å²) in [6.07, 6.45) is 1.55. The SMILES string of the molecule is CC(N)Cc1ccccc1.CNC(C)Cc1ccccc1.NC(CC(=O)O)C(=O)O. The molecule has 30 heavy (non-hydrogen) atoms. The van der Waals surface area contributed by atoms with Crippen molar-refractivity contribution in [3.63, 3.8) is 0 Å². The van der Waals surface area contributed by atoms with Crippen LogP contribution in [0.4, 0.5) is 0 Å². The van der Waals surface area contributed by atoms with Crippen LogP contribution in [-0.4, -0.2) is 47.3 Å². The molecule has 0 aliphatic heterocycles. The highest BCUT2D eigenvalue weighted by Crippen LogP contribution is 2.02. The van der Waals surface area contributed by atoms with Gasteiger partial charge in [0.05, 0.1) is 6.42 Å². The van der Waals surface area contributed by atoms with Gasteiger partial charge in [0.1, 0.15) is 6.04 Å². The van der Waals surface area contributed by atoms with Gasteiger partial charge in [-0.05, 0) is 44.9 Å². The third kappa shape index (κ3) is 15.2. The van der Waals surface area contributed by atoms with Gasteiger partial charge in [0.15, 0.2) is 0 Å². The predicted octanol–water partition coefficient (Wildman–Crippen LogP) is 2.29. The van der Waals surface area contributed by atoms with E-state index in [9.17, 15) is 9.59 Å². The fraction of sp³-hybridized carbons (Fsp3) is 0.391. The summed E-state index contributed by atoms with van der Waals surface area (Å²) in [4.78, 5) is 19.6. The molecular weight excluding hydrogens is 382 g/mol. The van der Waals surface area contributed by atoms with E-state index in [1.165, 1.54) is 11.1 Å². The van der Waals surface area contributed by atoms with E-state index in [0.29, 0.717) is 6.04 Å². The minimum Gasteiger partial charge on any atom is -0.481 e. The smallest absolute Gasteiger partial charge is 0.321 e. The molecule has 0 fully saturated rings. The van der Waals surface area contributed by atoms with Gasteiger partial charge in [0.25, 0.3) is 0 Å². The number of rotatable bonds is 8. The van der Waals surface area contributed by atoms with Gasteiger partial charge in [0, 0.05) is 12.1 Å². The Morgan fingerprint density at radius 1 is 0.867 bits per heavy atom. The van der Waals surface area contributed by atoms with E-state index in [0.717, 1.165) is 12.8 Å². The molecule has 2 aromatic rings. The van der Waals surface area contributed by atoms with Gasteiger partial charge >= 0.3 is 11.9 Å². The van der Waals surface area contributed by atoms with Crippen LogP contribution in [0, 0.1) is 0 Å². The maximum atomic E-state index is 9.85. The van der Waals surface area contributed by atoms with Crippen LogP contribution in [0.1, 0.15) is 31.4 Å². The number of likely N-dealkylation sites (N-methyl/N-ethyl adjacent to an activating group) is 1. The van der Waals surface area contributed by atoms with Gasteiger partial charge < -0.3 is 27.0 Å². The summed E-state index contributed by atoms with van der Waals surface area (Å²) < 4.78 is 0. The number of hydrogen-bond donors (Lipinski definition) is 5. The molecule has 3 unspecified atom stereocenters. The van der Waals surface area contributed by atoms with Crippen molar-refractivity contribution in [2.24, 2.45) is 11.5 Å². The van der Waals surface area contributed by atoms with Crippen LogP contribution in [0.3, 0.4) is 0 Å². The Hall–Kier alpha value is -2.74. The number of carboxylic acids is 2. The summed E-state index contributed by atoms with van der Waals surface area (Å²) in [5, 5.41) is 19.2. The Balaban J connectivity index is 0.000000423. The molecule has 0 bridgehead atoms. The van der Waals surface area contributed by atoms with Crippen LogP contribution in [0.5, 0.6) is 0 Å². The van der Waals surface area contributed by atoms with Gasteiger partial charge in [-0.1, -0.05) is 60.7 Å². The number of nitrogens with one attached hydrogen (secondary N) is 1. The third-order valence-electron chi connectivity index (χ3n) is 3.99. The van der Waals surface area contributed by atoms with Crippen LogP contribution in [0.15, 0.2) is 60.7 Å². The molecule has 0 aromatic heterocycles. The Morgan fingerprint density at radius 3 is 1.60 bits per heavy atom. The summed E-state index contributed by atoms with van der Waals surface area (Å²) in [6, 6.07) is 20.4. The molecule has 0 heterocycles. The number of carboxylic acid groups (broad SMARTS) is 2. The Morgan fingerprint density at radius 2 is 1.30 bits per heavy atom. The average molecular weight is 418 g/mol. The number of hydrogen-bond acceptors (Lipinski definition) is 5. The minimum atomic E-state index is -1.29. The van der Waals surface area contributed by atoms with E-state index in [-0.39, 0.29) is 6.04 Å². The molecule has 0 saturated carbocycles.